The summed E-state index contributed by atoms with van der Waals surface area (Å²) in [7, 11) is 0. The molecule has 0 aromatic heterocycles. The lowest BCUT2D eigenvalue weighted by Crippen LogP contribution is -2.28. The van der Waals surface area contributed by atoms with E-state index in [1.54, 1.807) is 0 Å². The highest BCUT2D eigenvalue weighted by Gasteiger charge is 2.37. The van der Waals surface area contributed by atoms with Crippen LogP contribution < -0.4 is 0 Å². The molecule has 2 rings (SSSR count). The van der Waals surface area contributed by atoms with Crippen molar-refractivity contribution in [3.05, 3.63) is 34.9 Å². The molecule has 3 nitrogen and oxygen atoms in total. The first-order valence-electron chi connectivity index (χ1n) is 8.93. The third-order valence-electron chi connectivity index (χ3n) is 4.40. The molecule has 0 amide bonds. The molecular weight excluding hydrogens is 326 g/mol. The van der Waals surface area contributed by atoms with Crippen molar-refractivity contribution in [2.75, 3.05) is 6.61 Å². The maximum Gasteiger partial charge on any atom is 0.339 e. The van der Waals surface area contributed by atoms with Gasteiger partial charge in [-0.25, -0.2) is 13.6 Å². The van der Waals surface area contributed by atoms with Crippen molar-refractivity contribution in [2.24, 2.45) is 0 Å². The van der Waals surface area contributed by atoms with E-state index in [1.807, 2.05) is 45.9 Å². The molecule has 1 aromatic rings. The normalized spacial score (nSPS) is 18.2. The number of alkyl halides is 2. The van der Waals surface area contributed by atoms with Gasteiger partial charge < -0.3 is 9.47 Å². The van der Waals surface area contributed by atoms with Crippen molar-refractivity contribution in [3.63, 3.8) is 0 Å². The number of esters is 1. The Morgan fingerprint density at radius 3 is 2.44 bits per heavy atom. The molecular formula is C20H28F2O3. The number of ether oxygens (including phenoxy) is 2. The Morgan fingerprint density at radius 1 is 1.24 bits per heavy atom. The topological polar surface area (TPSA) is 35.5 Å². The highest BCUT2D eigenvalue weighted by molar-refractivity contribution is 5.93. The highest BCUT2D eigenvalue weighted by Crippen LogP contribution is 2.42. The Labute approximate surface area is 148 Å². The fourth-order valence-corrected chi connectivity index (χ4v) is 3.22. The van der Waals surface area contributed by atoms with E-state index in [-0.39, 0.29) is 18.8 Å². The van der Waals surface area contributed by atoms with Crippen LogP contribution in [0.1, 0.15) is 80.8 Å². The van der Waals surface area contributed by atoms with Crippen LogP contribution in [0.4, 0.5) is 8.78 Å². The van der Waals surface area contributed by atoms with Gasteiger partial charge in [0.1, 0.15) is 5.60 Å². The molecule has 5 heteroatoms. The predicted molar refractivity (Wildman–Crippen MR) is 93.1 cm³/mol. The zero-order chi connectivity index (χ0) is 18.7. The quantitative estimate of drug-likeness (QED) is 0.658. The molecule has 25 heavy (non-hydrogen) atoms. The lowest BCUT2D eigenvalue weighted by molar-refractivity contribution is -0.0383. The number of rotatable bonds is 5. The largest absolute Gasteiger partial charge is 0.456 e. The first kappa shape index (κ1) is 19.8. The molecule has 0 unspecified atom stereocenters. The second-order valence-electron chi connectivity index (χ2n) is 7.65. The van der Waals surface area contributed by atoms with Crippen LogP contribution in [0.3, 0.4) is 0 Å². The van der Waals surface area contributed by atoms with Gasteiger partial charge in [-0.2, -0.15) is 0 Å². The van der Waals surface area contributed by atoms with E-state index < -0.39 is 17.5 Å². The molecule has 1 saturated carbocycles. The van der Waals surface area contributed by atoms with E-state index >= 15 is 0 Å². The summed E-state index contributed by atoms with van der Waals surface area (Å²) in [6.45, 7) is 8.18. The summed E-state index contributed by atoms with van der Waals surface area (Å²) in [6.07, 6.45) is 0.476. The van der Waals surface area contributed by atoms with E-state index in [9.17, 15) is 13.6 Å². The molecule has 1 fully saturated rings. The van der Waals surface area contributed by atoms with Crippen LogP contribution in [-0.2, 0) is 16.1 Å². The first-order chi connectivity index (χ1) is 11.6. The Balaban J connectivity index is 2.36. The SMILES string of the molecule is CCOCc1cccc(C2CCC(F)(F)CC2)c1C(=O)OC(C)(C)C. The molecule has 0 atom stereocenters. The molecule has 0 aliphatic heterocycles. The summed E-state index contributed by atoms with van der Waals surface area (Å²) >= 11 is 0. The lowest BCUT2D eigenvalue weighted by Gasteiger charge is -2.30. The molecule has 0 saturated heterocycles. The van der Waals surface area contributed by atoms with E-state index in [0.29, 0.717) is 31.6 Å². The Kier molecular flexibility index (Phi) is 6.20. The summed E-state index contributed by atoms with van der Waals surface area (Å²) < 4.78 is 38.1. The Bertz CT molecular complexity index is 595. The number of carbonyl (C=O) groups is 1. The second-order valence-corrected chi connectivity index (χ2v) is 7.65. The number of halogens is 2. The molecule has 0 N–H and O–H groups in total. The summed E-state index contributed by atoms with van der Waals surface area (Å²) in [4.78, 5) is 12.8. The smallest absolute Gasteiger partial charge is 0.339 e. The number of hydrogen-bond donors (Lipinski definition) is 0. The van der Waals surface area contributed by atoms with Crippen molar-refractivity contribution in [2.45, 2.75) is 77.4 Å². The first-order valence-corrected chi connectivity index (χ1v) is 8.93. The van der Waals surface area contributed by atoms with Gasteiger partial charge in [0, 0.05) is 19.4 Å². The number of hydrogen-bond acceptors (Lipinski definition) is 3. The van der Waals surface area contributed by atoms with Gasteiger partial charge in [-0.05, 0) is 57.6 Å². The van der Waals surface area contributed by atoms with Gasteiger partial charge in [-0.1, -0.05) is 18.2 Å². The summed E-state index contributed by atoms with van der Waals surface area (Å²) in [5, 5.41) is 0. The number of benzene rings is 1. The highest BCUT2D eigenvalue weighted by atomic mass is 19.3. The Hall–Kier alpha value is -1.49. The predicted octanol–water partition coefficient (Wildman–Crippen LogP) is 5.47. The third kappa shape index (κ3) is 5.50. The van der Waals surface area contributed by atoms with Crippen molar-refractivity contribution in [1.82, 2.24) is 0 Å². The fraction of sp³-hybridized carbons (Fsp3) is 0.650. The summed E-state index contributed by atoms with van der Waals surface area (Å²) in [6, 6.07) is 5.57. The minimum absolute atomic E-state index is 0.0521. The monoisotopic (exact) mass is 354 g/mol. The third-order valence-corrected chi connectivity index (χ3v) is 4.40. The molecule has 140 valence electrons. The molecule has 0 spiro atoms. The maximum atomic E-state index is 13.5. The zero-order valence-electron chi connectivity index (χ0n) is 15.5. The number of carbonyl (C=O) groups excluding carboxylic acids is 1. The van der Waals surface area contributed by atoms with Gasteiger partial charge in [-0.3, -0.25) is 0 Å². The average molecular weight is 354 g/mol. The van der Waals surface area contributed by atoms with Crippen LogP contribution in [-0.4, -0.2) is 24.1 Å². The van der Waals surface area contributed by atoms with E-state index in [1.165, 1.54) is 0 Å². The average Bonchev–Trinajstić information content (AvgIpc) is 2.50. The minimum atomic E-state index is -2.59. The fourth-order valence-electron chi connectivity index (χ4n) is 3.22. The molecule has 1 aromatic carbocycles. The van der Waals surface area contributed by atoms with Gasteiger partial charge >= 0.3 is 5.97 Å². The van der Waals surface area contributed by atoms with E-state index in [4.69, 9.17) is 9.47 Å². The zero-order valence-corrected chi connectivity index (χ0v) is 15.5. The molecule has 1 aliphatic carbocycles. The molecule has 0 bridgehead atoms. The second kappa shape index (κ2) is 7.81. The van der Waals surface area contributed by atoms with Crippen LogP contribution >= 0.6 is 0 Å². The minimum Gasteiger partial charge on any atom is -0.456 e. The van der Waals surface area contributed by atoms with E-state index in [0.717, 1.165) is 11.1 Å². The van der Waals surface area contributed by atoms with Gasteiger partial charge in [0.2, 0.25) is 5.92 Å². The Morgan fingerprint density at radius 2 is 1.88 bits per heavy atom. The van der Waals surface area contributed by atoms with Crippen LogP contribution in [0.5, 0.6) is 0 Å². The summed E-state index contributed by atoms with van der Waals surface area (Å²) in [5.74, 6) is -3.05. The van der Waals surface area contributed by atoms with Crippen molar-refractivity contribution in [3.8, 4) is 0 Å². The van der Waals surface area contributed by atoms with E-state index in [2.05, 4.69) is 0 Å². The van der Waals surface area contributed by atoms with Gasteiger partial charge in [0.05, 0.1) is 12.2 Å². The van der Waals surface area contributed by atoms with Gasteiger partial charge in [0.25, 0.3) is 0 Å². The molecule has 0 radical (unpaired) electrons. The van der Waals surface area contributed by atoms with Crippen molar-refractivity contribution < 1.29 is 23.0 Å². The lowest BCUT2D eigenvalue weighted by atomic mass is 9.79. The van der Waals surface area contributed by atoms with Crippen molar-refractivity contribution in [1.29, 1.82) is 0 Å². The van der Waals surface area contributed by atoms with Crippen LogP contribution in [0.2, 0.25) is 0 Å². The van der Waals surface area contributed by atoms with Crippen LogP contribution in [0.25, 0.3) is 0 Å². The van der Waals surface area contributed by atoms with Gasteiger partial charge in [-0.15, -0.1) is 0 Å². The van der Waals surface area contributed by atoms with Gasteiger partial charge in [0.15, 0.2) is 0 Å². The summed E-state index contributed by atoms with van der Waals surface area (Å²) in [5.41, 5.74) is 1.43. The standard InChI is InChI=1S/C20H28F2O3/c1-5-24-13-15-7-6-8-16(14-9-11-20(21,22)12-10-14)17(15)18(23)25-19(2,3)4/h6-8,14H,5,9-13H2,1-4H3. The van der Waals surface area contributed by atoms with Crippen LogP contribution in [0, 0.1) is 0 Å². The maximum absolute atomic E-state index is 13.5. The molecule has 1 aliphatic rings. The van der Waals surface area contributed by atoms with Crippen molar-refractivity contribution >= 4 is 5.97 Å². The van der Waals surface area contributed by atoms with Crippen LogP contribution in [0.15, 0.2) is 18.2 Å². The molecule has 0 heterocycles.